The Morgan fingerprint density at radius 3 is 2.36 bits per heavy atom. The number of hydrogen-bond acceptors (Lipinski definition) is 8. The highest BCUT2D eigenvalue weighted by molar-refractivity contribution is 7.81. The Kier molecular flexibility index (Phi) is 8.98. The van der Waals surface area contributed by atoms with Gasteiger partial charge in [0.2, 0.25) is 0 Å². The van der Waals surface area contributed by atoms with Gasteiger partial charge in [-0.3, -0.25) is 18.6 Å². The number of nitrogens with one attached hydrogen (secondary N) is 1. The van der Waals surface area contributed by atoms with E-state index in [1.807, 2.05) is 13.8 Å². The first-order valence-corrected chi connectivity index (χ1v) is 12.2. The third kappa shape index (κ3) is 6.37. The SMILES string of the molecule is CCCCNc1cc(Oc2ccc(N(c3ccc(C)cc3)S(=O)[O-])c(C(=O)OC)c2)ccc1[N+](=O)[O-]. The van der Waals surface area contributed by atoms with Crippen LogP contribution in [0.5, 0.6) is 11.5 Å². The number of methoxy groups -OCH3 is 1. The Bertz CT molecular complexity index is 1270. The molecular weight excluding hydrogens is 486 g/mol. The standard InChI is InChI=1S/C25H27N3O7S/c1-4-5-14-26-22-16-20(11-13-24(22)28(30)31)35-19-10-12-23(21(15-19)25(29)34-3)27(36(32)33)18-8-6-17(2)7-9-18/h6-13,15-16,26H,4-5,14H2,1-3H3,(H,32,33)/p-1. The predicted octanol–water partition coefficient (Wildman–Crippen LogP) is 5.63. The normalized spacial score (nSPS) is 11.4. The number of nitro groups is 1. The van der Waals surface area contributed by atoms with Crippen LogP contribution in [-0.2, 0) is 16.0 Å². The van der Waals surface area contributed by atoms with Crippen molar-refractivity contribution in [2.45, 2.75) is 26.7 Å². The molecule has 3 aromatic rings. The highest BCUT2D eigenvalue weighted by atomic mass is 32.2. The first-order chi connectivity index (χ1) is 17.2. The number of anilines is 3. The van der Waals surface area contributed by atoms with Crippen LogP contribution in [0.4, 0.5) is 22.7 Å². The van der Waals surface area contributed by atoms with Crippen molar-refractivity contribution in [2.75, 3.05) is 23.3 Å². The third-order valence-electron chi connectivity index (χ3n) is 5.26. The Labute approximate surface area is 211 Å². The van der Waals surface area contributed by atoms with Gasteiger partial charge in [-0.25, -0.2) is 4.79 Å². The van der Waals surface area contributed by atoms with Crippen LogP contribution in [0.15, 0.2) is 60.7 Å². The summed E-state index contributed by atoms with van der Waals surface area (Å²) in [5, 5.41) is 14.4. The van der Waals surface area contributed by atoms with Crippen molar-refractivity contribution in [3.8, 4) is 11.5 Å². The lowest BCUT2D eigenvalue weighted by molar-refractivity contribution is -0.384. The van der Waals surface area contributed by atoms with Gasteiger partial charge in [-0.1, -0.05) is 31.0 Å². The van der Waals surface area contributed by atoms with E-state index in [0.29, 0.717) is 23.7 Å². The minimum Gasteiger partial charge on any atom is -0.755 e. The van der Waals surface area contributed by atoms with Crippen molar-refractivity contribution >= 4 is 40.0 Å². The summed E-state index contributed by atoms with van der Waals surface area (Å²) in [6.45, 7) is 4.45. The van der Waals surface area contributed by atoms with Gasteiger partial charge < -0.3 is 19.3 Å². The maximum Gasteiger partial charge on any atom is 0.340 e. The molecule has 3 rings (SSSR count). The fraction of sp³-hybridized carbons (Fsp3) is 0.240. The molecule has 0 bridgehead atoms. The highest BCUT2D eigenvalue weighted by Crippen LogP contribution is 2.36. The monoisotopic (exact) mass is 512 g/mol. The lowest BCUT2D eigenvalue weighted by atomic mass is 10.1. The molecule has 0 heterocycles. The molecule has 1 N–H and O–H groups in total. The smallest absolute Gasteiger partial charge is 0.340 e. The number of rotatable bonds is 11. The molecule has 0 fully saturated rings. The van der Waals surface area contributed by atoms with Gasteiger partial charge in [0, 0.05) is 18.7 Å². The van der Waals surface area contributed by atoms with Crippen LogP contribution in [0.25, 0.3) is 0 Å². The van der Waals surface area contributed by atoms with Gasteiger partial charge in [0.1, 0.15) is 17.2 Å². The van der Waals surface area contributed by atoms with E-state index in [2.05, 4.69) is 5.32 Å². The average Bonchev–Trinajstić information content (AvgIpc) is 2.85. The Balaban J connectivity index is 1.99. The number of benzene rings is 3. The Morgan fingerprint density at radius 1 is 1.08 bits per heavy atom. The zero-order valence-corrected chi connectivity index (χ0v) is 20.9. The number of nitro benzene ring substituents is 1. The number of carbonyl (C=O) groups excluding carboxylic acids is 1. The highest BCUT2D eigenvalue weighted by Gasteiger charge is 2.21. The molecule has 0 aliphatic heterocycles. The predicted molar refractivity (Wildman–Crippen MR) is 137 cm³/mol. The number of nitrogens with zero attached hydrogens (tertiary/aromatic N) is 2. The Hall–Kier alpha value is -3.96. The van der Waals surface area contributed by atoms with E-state index in [1.54, 1.807) is 24.3 Å². The minimum absolute atomic E-state index is 0.0389. The molecule has 11 heteroatoms. The van der Waals surface area contributed by atoms with Crippen molar-refractivity contribution in [3.63, 3.8) is 0 Å². The molecule has 0 aliphatic rings. The van der Waals surface area contributed by atoms with Crippen LogP contribution < -0.4 is 14.4 Å². The first kappa shape index (κ1) is 26.6. The molecule has 10 nitrogen and oxygen atoms in total. The largest absolute Gasteiger partial charge is 0.755 e. The van der Waals surface area contributed by atoms with Gasteiger partial charge in [-0.15, -0.1) is 0 Å². The molecule has 36 heavy (non-hydrogen) atoms. The van der Waals surface area contributed by atoms with E-state index in [1.165, 1.54) is 43.5 Å². The van der Waals surface area contributed by atoms with E-state index in [4.69, 9.17) is 9.47 Å². The zero-order valence-electron chi connectivity index (χ0n) is 20.1. The van der Waals surface area contributed by atoms with Crippen LogP contribution in [0.2, 0.25) is 0 Å². The summed E-state index contributed by atoms with van der Waals surface area (Å²) in [7, 11) is 1.19. The second-order valence-corrected chi connectivity index (χ2v) is 8.64. The van der Waals surface area contributed by atoms with Crippen LogP contribution in [-0.4, -0.2) is 33.3 Å². The molecule has 3 aromatic carbocycles. The molecule has 0 spiro atoms. The van der Waals surface area contributed by atoms with Crippen LogP contribution in [0.1, 0.15) is 35.7 Å². The first-order valence-electron chi connectivity index (χ1n) is 11.1. The molecule has 0 aliphatic carbocycles. The van der Waals surface area contributed by atoms with Crippen LogP contribution in [0.3, 0.4) is 0 Å². The summed E-state index contributed by atoms with van der Waals surface area (Å²) in [4.78, 5) is 23.5. The van der Waals surface area contributed by atoms with Crippen molar-refractivity contribution in [2.24, 2.45) is 0 Å². The summed E-state index contributed by atoms with van der Waals surface area (Å²) < 4.78 is 36.0. The van der Waals surface area contributed by atoms with Crippen LogP contribution in [0, 0.1) is 17.0 Å². The fourth-order valence-corrected chi connectivity index (χ4v) is 4.04. The quantitative estimate of drug-likeness (QED) is 0.115. The molecule has 0 radical (unpaired) electrons. The lowest BCUT2D eigenvalue weighted by Crippen LogP contribution is -2.22. The molecule has 0 aromatic heterocycles. The van der Waals surface area contributed by atoms with E-state index in [-0.39, 0.29) is 22.7 Å². The number of unbranched alkanes of at least 4 members (excludes halogenated alkanes) is 1. The maximum absolute atomic E-state index is 12.6. The summed E-state index contributed by atoms with van der Waals surface area (Å²) >= 11 is -2.74. The van der Waals surface area contributed by atoms with E-state index in [9.17, 15) is 23.7 Å². The third-order valence-corrected chi connectivity index (χ3v) is 5.96. The second kappa shape index (κ2) is 12.1. The Morgan fingerprint density at radius 2 is 1.75 bits per heavy atom. The minimum atomic E-state index is -2.74. The van der Waals surface area contributed by atoms with Gasteiger partial charge in [-0.05, 0) is 49.7 Å². The number of ether oxygens (including phenoxy) is 2. The van der Waals surface area contributed by atoms with Gasteiger partial charge in [-0.2, -0.15) is 0 Å². The molecule has 0 saturated heterocycles. The number of carbonyl (C=O) groups is 1. The summed E-state index contributed by atoms with van der Waals surface area (Å²) in [5.74, 6) is -0.248. The van der Waals surface area contributed by atoms with Crippen molar-refractivity contribution < 1.29 is 28.0 Å². The number of aryl methyl sites for hydroxylation is 1. The van der Waals surface area contributed by atoms with Gasteiger partial charge >= 0.3 is 5.97 Å². The molecular formula is C25H26N3O7S-. The number of hydrogen-bond donors (Lipinski definition) is 1. The van der Waals surface area contributed by atoms with E-state index < -0.39 is 22.2 Å². The fourth-order valence-electron chi connectivity index (χ4n) is 3.43. The van der Waals surface area contributed by atoms with Crippen LogP contribution >= 0.6 is 0 Å². The maximum atomic E-state index is 12.6. The van der Waals surface area contributed by atoms with Crippen molar-refractivity contribution in [1.29, 1.82) is 0 Å². The topological polar surface area (TPSA) is 134 Å². The second-order valence-electron chi connectivity index (χ2n) is 7.84. The van der Waals surface area contributed by atoms with Gasteiger partial charge in [0.15, 0.2) is 0 Å². The van der Waals surface area contributed by atoms with Crippen molar-refractivity contribution in [3.05, 3.63) is 81.9 Å². The molecule has 190 valence electrons. The molecule has 1 atom stereocenters. The molecule has 0 amide bonds. The van der Waals surface area contributed by atoms with Crippen molar-refractivity contribution in [1.82, 2.24) is 0 Å². The molecule has 1 unspecified atom stereocenters. The lowest BCUT2D eigenvalue weighted by Gasteiger charge is -2.28. The number of esters is 1. The zero-order chi connectivity index (χ0) is 26.2. The summed E-state index contributed by atoms with van der Waals surface area (Å²) in [6, 6.07) is 15.3. The van der Waals surface area contributed by atoms with Gasteiger partial charge in [0.25, 0.3) is 5.69 Å². The van der Waals surface area contributed by atoms with Gasteiger partial charge in [0.05, 0.1) is 40.2 Å². The summed E-state index contributed by atoms with van der Waals surface area (Å²) in [5.41, 5.74) is 1.55. The van der Waals surface area contributed by atoms with E-state index in [0.717, 1.165) is 22.7 Å². The summed E-state index contributed by atoms with van der Waals surface area (Å²) in [6.07, 6.45) is 1.76. The molecule has 0 saturated carbocycles. The average molecular weight is 513 g/mol. The van der Waals surface area contributed by atoms with E-state index >= 15 is 0 Å².